The monoisotopic (exact) mass is 1410 g/mol. The molecule has 5 atom stereocenters. The smallest absolute Gasteiger partial charge is 0.490 e. The lowest BCUT2D eigenvalue weighted by atomic mass is 9.93. The fourth-order valence-electron chi connectivity index (χ4n) is 10.2. The summed E-state index contributed by atoms with van der Waals surface area (Å²) in [6.45, 7) is 3.61. The molecule has 0 saturated carbocycles. The zero-order valence-electron chi connectivity index (χ0n) is 50.8. The largest absolute Gasteiger partial charge is 0.744 e. The van der Waals surface area contributed by atoms with Gasteiger partial charge in [0.15, 0.2) is 17.0 Å². The van der Waals surface area contributed by atoms with Crippen LogP contribution in [0.5, 0.6) is 0 Å². The van der Waals surface area contributed by atoms with Crippen molar-refractivity contribution in [2.45, 2.75) is 113 Å². The second-order valence-corrected chi connectivity index (χ2v) is 28.4. The van der Waals surface area contributed by atoms with E-state index in [0.717, 1.165) is 0 Å². The van der Waals surface area contributed by atoms with Crippen molar-refractivity contribution in [3.63, 3.8) is 0 Å². The molecule has 1 aliphatic carbocycles. The Labute approximate surface area is 537 Å². The predicted octanol–water partition coefficient (Wildman–Crippen LogP) is 1.77. The second kappa shape index (κ2) is 32.0. The Hall–Kier alpha value is -7.26. The summed E-state index contributed by atoms with van der Waals surface area (Å²) in [6.07, 6.45) is 1.64. The molecule has 94 heavy (non-hydrogen) atoms. The first-order valence-electron chi connectivity index (χ1n) is 29.2. The summed E-state index contributed by atoms with van der Waals surface area (Å²) in [6, 6.07) is 12.2. The highest BCUT2D eigenvalue weighted by atomic mass is 32.2. The maximum absolute atomic E-state index is 14.1. The lowest BCUT2D eigenvalue weighted by Crippen LogP contribution is -2.76. The van der Waals surface area contributed by atoms with E-state index in [1.165, 1.54) is 39.9 Å². The second-order valence-electron chi connectivity index (χ2n) is 21.3. The van der Waals surface area contributed by atoms with Crippen molar-refractivity contribution in [2.75, 3.05) is 64.0 Å². The highest BCUT2D eigenvalue weighted by Crippen LogP contribution is 2.66. The number of nitrogen functional groups attached to an aromatic ring is 1. The molecule has 0 radical (unpaired) electrons. The van der Waals surface area contributed by atoms with Crippen molar-refractivity contribution in [2.24, 2.45) is 0 Å². The van der Waals surface area contributed by atoms with E-state index in [4.69, 9.17) is 24.7 Å². The number of aromatic nitrogens is 3. The quantitative estimate of drug-likeness (QED) is 0.00941. The summed E-state index contributed by atoms with van der Waals surface area (Å²) in [5.74, 6) is 3.70. The predicted molar refractivity (Wildman–Crippen MR) is 333 cm³/mol. The molecule has 3 aliphatic rings. The molecular formula is C55H71N10O24P3S2. The Morgan fingerprint density at radius 3 is 2.15 bits per heavy atom. The third-order valence-electron chi connectivity index (χ3n) is 14.3. The number of hydrogen-bond acceptors (Lipinski definition) is 22. The van der Waals surface area contributed by atoms with Crippen LogP contribution in [0.4, 0.5) is 11.6 Å². The van der Waals surface area contributed by atoms with Crippen molar-refractivity contribution >= 4 is 101 Å². The lowest BCUT2D eigenvalue weighted by Gasteiger charge is -2.22. The lowest BCUT2D eigenvalue weighted by molar-refractivity contribution is -0.498. The molecule has 512 valence electrons. The topological polar surface area (TPSA) is 524 Å². The number of ether oxygens (including phenoxy) is 1. The first kappa shape index (κ1) is 74.1. The number of aliphatic hydroxyl groups is 1. The molecule has 2 aliphatic heterocycles. The molecule has 14 N–H and O–H groups in total. The van der Waals surface area contributed by atoms with Crippen LogP contribution in [0.2, 0.25) is 0 Å². The van der Waals surface area contributed by atoms with Gasteiger partial charge in [-0.15, -0.1) is 0 Å². The van der Waals surface area contributed by atoms with E-state index >= 15 is 0 Å². The van der Waals surface area contributed by atoms with Crippen LogP contribution in [0.3, 0.4) is 0 Å². The Bertz CT molecular complexity index is 4380. The average molecular weight is 1410 g/mol. The van der Waals surface area contributed by atoms with Crippen LogP contribution in [0.25, 0.3) is 44.5 Å². The fraction of sp³-hybridized carbons (Fsp3) is 0.436. The molecule has 2 unspecified atom stereocenters. The summed E-state index contributed by atoms with van der Waals surface area (Å²) >= 11 is 0. The Balaban J connectivity index is 0.795. The average Bonchev–Trinajstić information content (AvgIpc) is 0.885. The van der Waals surface area contributed by atoms with Gasteiger partial charge in [0, 0.05) is 87.7 Å². The van der Waals surface area contributed by atoms with Crippen LogP contribution in [0.15, 0.2) is 73.7 Å². The minimum absolute atomic E-state index is 0.0293. The Morgan fingerprint density at radius 1 is 0.872 bits per heavy atom. The van der Waals surface area contributed by atoms with E-state index in [1.807, 2.05) is 0 Å². The van der Waals surface area contributed by atoms with Crippen molar-refractivity contribution in [3.8, 4) is 34.3 Å². The number of benzene rings is 3. The maximum Gasteiger partial charge on any atom is 0.490 e. The molecule has 0 bridgehead atoms. The number of rotatable bonds is 32. The number of carbonyl (C=O) groups is 4. The van der Waals surface area contributed by atoms with E-state index < -0.39 is 101 Å². The molecule has 1 saturated heterocycles. The molecule has 0 spiro atoms. The summed E-state index contributed by atoms with van der Waals surface area (Å²) in [7, 11) is -25.7. The number of anilines is 2. The number of amides is 4. The molecule has 1 fully saturated rings. The molecule has 7 rings (SSSR count). The number of nitrogens with zero attached hydrogens (tertiary/aromatic N) is 3. The zero-order valence-corrected chi connectivity index (χ0v) is 55.1. The zero-order chi connectivity index (χ0) is 68.9. The fourth-order valence-corrected chi connectivity index (χ4v) is 14.8. The molecule has 2 aromatic carbocycles. The van der Waals surface area contributed by atoms with Gasteiger partial charge in [-0.1, -0.05) is 42.9 Å². The van der Waals surface area contributed by atoms with Gasteiger partial charge in [0.25, 0.3) is 11.5 Å². The third kappa shape index (κ3) is 20.1. The summed E-state index contributed by atoms with van der Waals surface area (Å²) in [4.78, 5) is 111. The van der Waals surface area contributed by atoms with Crippen molar-refractivity contribution < 1.29 is 111 Å². The molecule has 39 heteroatoms. The molecule has 4 amide bonds. The number of nitrogens with two attached hydrogens (primary N) is 1. The van der Waals surface area contributed by atoms with E-state index in [0.29, 0.717) is 63.6 Å². The van der Waals surface area contributed by atoms with E-state index in [1.54, 1.807) is 45.2 Å². The number of aromatic amines is 1. The number of aliphatic hydroxyl groups excluding tert-OH is 1. The number of carbonyl (C=O) groups excluding carboxylic acids is 4. The SMILES string of the molecule is CCNc1cc(-c2ccccc2C(=O)N(C)CCCC(=O)NCCCCCC(=O)NCCCCCC(=O)NCC#Cc2cn([C@H]3C[C@H](O)[C@@H](COP(=O)(O)OP(=O)(O)OP(=O)(O)O)O3)c3nc(N)[nH]c(=O)c23)c2cc3ccc(=[NH+]CC)c(S(=O)(=O)O)c-3oc2c1S(=O)(=O)[O-]. The molecule has 2 aromatic heterocycles. The van der Waals surface area contributed by atoms with Gasteiger partial charge >= 0.3 is 33.6 Å². The van der Waals surface area contributed by atoms with Gasteiger partial charge < -0.3 is 74.9 Å². The first-order chi connectivity index (χ1) is 44.2. The highest BCUT2D eigenvalue weighted by molar-refractivity contribution is 7.86. The van der Waals surface area contributed by atoms with Crippen molar-refractivity contribution in [1.29, 1.82) is 0 Å². The summed E-state index contributed by atoms with van der Waals surface area (Å²) < 4.78 is 134. The van der Waals surface area contributed by atoms with Crippen LogP contribution in [-0.4, -0.2) is 159 Å². The minimum Gasteiger partial charge on any atom is -0.744 e. The number of phosphoric acid groups is 3. The molecular weight excluding hydrogens is 1340 g/mol. The van der Waals surface area contributed by atoms with Gasteiger partial charge in [0.05, 0.1) is 35.9 Å². The van der Waals surface area contributed by atoms with Crippen LogP contribution < -0.4 is 42.9 Å². The van der Waals surface area contributed by atoms with Crippen LogP contribution in [-0.2, 0) is 66.2 Å². The highest BCUT2D eigenvalue weighted by Gasteiger charge is 2.43. The van der Waals surface area contributed by atoms with Crippen molar-refractivity contribution in [3.05, 3.63) is 81.6 Å². The Kier molecular flexibility index (Phi) is 25.2. The molecule has 4 aromatic rings. The molecule has 4 heterocycles. The number of nitrogens with one attached hydrogen (secondary N) is 6. The summed E-state index contributed by atoms with van der Waals surface area (Å²) in [5, 5.41) is 21.9. The van der Waals surface area contributed by atoms with Gasteiger partial charge in [0.1, 0.15) is 33.9 Å². The first-order valence-corrected chi connectivity index (χ1v) is 36.6. The van der Waals surface area contributed by atoms with Crippen LogP contribution in [0.1, 0.15) is 107 Å². The summed E-state index contributed by atoms with van der Waals surface area (Å²) in [5.41, 5.74) is 5.39. The van der Waals surface area contributed by atoms with E-state index in [-0.39, 0.29) is 125 Å². The normalized spacial score (nSPS) is 16.7. The van der Waals surface area contributed by atoms with E-state index in [9.17, 15) is 78.5 Å². The Morgan fingerprint density at radius 2 is 1.52 bits per heavy atom. The van der Waals surface area contributed by atoms with E-state index in [2.05, 4.69) is 61.2 Å². The van der Waals surface area contributed by atoms with Gasteiger partial charge in [0.2, 0.25) is 33.9 Å². The van der Waals surface area contributed by atoms with Crippen LogP contribution in [0, 0.1) is 11.8 Å². The van der Waals surface area contributed by atoms with Crippen molar-refractivity contribution in [1.82, 2.24) is 35.4 Å². The number of phosphoric ester groups is 1. The number of H-pyrrole nitrogens is 1. The third-order valence-corrected chi connectivity index (χ3v) is 19.9. The minimum atomic E-state index is -5.80. The number of fused-ring (bicyclic) bond motifs is 3. The van der Waals surface area contributed by atoms with Crippen LogP contribution >= 0.6 is 23.5 Å². The maximum atomic E-state index is 14.1. The number of unbranched alkanes of at least 4 members (excludes halogenated alkanes) is 4. The van der Waals surface area contributed by atoms with Gasteiger partial charge in [-0.2, -0.15) is 22.0 Å². The number of hydrogen-bond donors (Lipinski definition) is 13. The van der Waals surface area contributed by atoms with Gasteiger partial charge in [-0.25, -0.2) is 27.1 Å². The van der Waals surface area contributed by atoms with Gasteiger partial charge in [-0.05, 0) is 81.3 Å². The molecule has 34 nitrogen and oxygen atoms in total. The van der Waals surface area contributed by atoms with Gasteiger partial charge in [-0.3, -0.25) is 38.0 Å². The standard InChI is InChI=1S/C55H71N10O24P3S2/c1-4-57-39-23-22-33-28-38-37(29-40(58-5-2)51(94(82,83)84)49(38)87-48(33)50(39)93(79,80)81)35-17-10-11-18-36(35)54(71)64(3)27-15-21-45(69)60-25-13-6-8-19-43(67)59-24-12-7-9-20-44(68)61-26-14-16-34-31-65(52-47(34)53(70)63-55(56)62-52)46-30-41(66)42(86-46)32-85-91(75,76)89-92(77,78)88-90(72,73)74/h10-11,17-18,22-23,28-29,31,41-42,46,58,66H,4-9,12-13,15,19-21,24-27,30,32H2,1-3H3,(H,59,67)(H,60,69)(H,61,68)(H,75,76)(H,77,78)(H2,72,73,74)(H,79,80,81)(H,82,83,84)(H3,56,62,63,70)/t41-,42+,46+/m0/s1.